The molecule has 0 atom stereocenters. The highest BCUT2D eigenvalue weighted by Gasteiger charge is 2.34. The minimum atomic E-state index is -4.64. The maximum Gasteiger partial charge on any atom is 0.417 e. The van der Waals surface area contributed by atoms with Gasteiger partial charge in [0, 0.05) is 11.6 Å². The average Bonchev–Trinajstić information content (AvgIpc) is 2.90. The van der Waals surface area contributed by atoms with Crippen molar-refractivity contribution in [2.45, 2.75) is 44.3 Å². The summed E-state index contributed by atoms with van der Waals surface area (Å²) in [6.07, 6.45) is -1.29. The van der Waals surface area contributed by atoms with Crippen LogP contribution in [0.2, 0.25) is 5.02 Å². The monoisotopic (exact) mass is 333 g/mol. The van der Waals surface area contributed by atoms with E-state index in [0.717, 1.165) is 31.7 Å². The molecule has 3 nitrogen and oxygen atoms in total. The Morgan fingerprint density at radius 3 is 2.45 bits per heavy atom. The number of carbonyl (C=O) groups is 2. The Labute approximate surface area is 130 Å². The molecule has 22 heavy (non-hydrogen) atoms. The highest BCUT2D eigenvalue weighted by molar-refractivity contribution is 6.31. The molecule has 0 unspecified atom stereocenters. The zero-order valence-electron chi connectivity index (χ0n) is 11.7. The molecule has 1 fully saturated rings. The van der Waals surface area contributed by atoms with E-state index >= 15 is 0 Å². The number of alkyl halides is 3. The number of carbonyl (C=O) groups excluding carboxylic acids is 2. The number of hydrogen-bond donors (Lipinski definition) is 1. The number of hydrogen-bond acceptors (Lipinski definition) is 2. The van der Waals surface area contributed by atoms with Gasteiger partial charge < -0.3 is 5.32 Å². The van der Waals surface area contributed by atoms with Gasteiger partial charge in [0.1, 0.15) is 0 Å². The fourth-order valence-electron chi connectivity index (χ4n) is 2.51. The molecule has 1 aromatic carbocycles. The van der Waals surface area contributed by atoms with Gasteiger partial charge in [-0.25, -0.2) is 0 Å². The van der Waals surface area contributed by atoms with Gasteiger partial charge in [-0.2, -0.15) is 13.2 Å². The molecule has 1 saturated carbocycles. The summed E-state index contributed by atoms with van der Waals surface area (Å²) in [6.45, 7) is 0. The minimum absolute atomic E-state index is 0.0660. The van der Waals surface area contributed by atoms with Crippen LogP contribution >= 0.6 is 11.6 Å². The highest BCUT2D eigenvalue weighted by atomic mass is 35.5. The average molecular weight is 334 g/mol. The maximum absolute atomic E-state index is 12.8. The molecule has 0 radical (unpaired) electrons. The van der Waals surface area contributed by atoms with Gasteiger partial charge in [-0.05, 0) is 31.0 Å². The van der Waals surface area contributed by atoms with Crippen LogP contribution in [0, 0.1) is 0 Å². The quantitative estimate of drug-likeness (QED) is 0.669. The number of amides is 1. The van der Waals surface area contributed by atoms with Crippen LogP contribution in [0.3, 0.4) is 0 Å². The molecule has 0 saturated heterocycles. The molecule has 1 N–H and O–H groups in total. The van der Waals surface area contributed by atoms with Gasteiger partial charge in [-0.1, -0.05) is 24.4 Å². The number of ketones is 1. The fraction of sp³-hybridized carbons (Fsp3) is 0.467. The van der Waals surface area contributed by atoms with Crippen LogP contribution < -0.4 is 5.32 Å². The summed E-state index contributed by atoms with van der Waals surface area (Å²) >= 11 is 5.49. The van der Waals surface area contributed by atoms with Crippen LogP contribution in [0.15, 0.2) is 18.2 Å². The summed E-state index contributed by atoms with van der Waals surface area (Å²) in [5.74, 6) is -1.11. The molecule has 2 rings (SSSR count). The Morgan fingerprint density at radius 2 is 1.86 bits per heavy atom. The summed E-state index contributed by atoms with van der Waals surface area (Å²) < 4.78 is 38.3. The summed E-state index contributed by atoms with van der Waals surface area (Å²) in [7, 11) is 0. The minimum Gasteiger partial charge on any atom is -0.353 e. The molecule has 1 amide bonds. The molecule has 0 aliphatic heterocycles. The van der Waals surface area contributed by atoms with E-state index < -0.39 is 34.9 Å². The molecule has 120 valence electrons. The lowest BCUT2D eigenvalue weighted by Gasteiger charge is -2.12. The van der Waals surface area contributed by atoms with Gasteiger partial charge in [-0.15, -0.1) is 0 Å². The van der Waals surface area contributed by atoms with Crippen LogP contribution in [0.4, 0.5) is 13.2 Å². The highest BCUT2D eigenvalue weighted by Crippen LogP contribution is 2.35. The van der Waals surface area contributed by atoms with Crippen LogP contribution in [0.5, 0.6) is 0 Å². The van der Waals surface area contributed by atoms with Gasteiger partial charge in [0.05, 0.1) is 17.0 Å². The van der Waals surface area contributed by atoms with Gasteiger partial charge >= 0.3 is 6.18 Å². The lowest BCUT2D eigenvalue weighted by molar-refractivity contribution is -0.137. The van der Waals surface area contributed by atoms with Gasteiger partial charge in [0.2, 0.25) is 5.91 Å². The third kappa shape index (κ3) is 4.22. The molecule has 0 aromatic heterocycles. The topological polar surface area (TPSA) is 46.2 Å². The van der Waals surface area contributed by atoms with E-state index in [1.807, 2.05) is 0 Å². The molecule has 7 heteroatoms. The summed E-state index contributed by atoms with van der Waals surface area (Å²) in [5.41, 5.74) is -1.24. The van der Waals surface area contributed by atoms with Crippen LogP contribution in [-0.2, 0) is 11.0 Å². The predicted octanol–water partition coefficient (Wildman–Crippen LogP) is 3.99. The van der Waals surface area contributed by atoms with E-state index in [1.165, 1.54) is 6.07 Å². The molecular weight excluding hydrogens is 319 g/mol. The zero-order chi connectivity index (χ0) is 16.3. The summed E-state index contributed by atoms with van der Waals surface area (Å²) in [5, 5.41) is 2.25. The number of halogens is 4. The smallest absolute Gasteiger partial charge is 0.353 e. The third-order valence-corrected chi connectivity index (χ3v) is 3.96. The summed E-state index contributed by atoms with van der Waals surface area (Å²) in [4.78, 5) is 23.7. The number of Topliss-reactive ketones (excluding diaryl/α,β-unsaturated/α-hetero) is 1. The zero-order valence-corrected chi connectivity index (χ0v) is 12.4. The fourth-order valence-corrected chi connectivity index (χ4v) is 2.74. The first-order valence-electron chi connectivity index (χ1n) is 6.96. The Kier molecular flexibility index (Phi) is 5.11. The Morgan fingerprint density at radius 1 is 1.23 bits per heavy atom. The second kappa shape index (κ2) is 6.69. The number of nitrogens with one attached hydrogen (secondary N) is 1. The third-order valence-electron chi connectivity index (χ3n) is 3.64. The lowest BCUT2D eigenvalue weighted by atomic mass is 10.0. The normalized spacial score (nSPS) is 15.8. The largest absolute Gasteiger partial charge is 0.417 e. The van der Waals surface area contributed by atoms with Crippen molar-refractivity contribution in [2.75, 3.05) is 0 Å². The Balaban J connectivity index is 2.04. The van der Waals surface area contributed by atoms with E-state index in [1.54, 1.807) is 0 Å². The van der Waals surface area contributed by atoms with Crippen LogP contribution in [0.25, 0.3) is 0 Å². The van der Waals surface area contributed by atoms with E-state index in [9.17, 15) is 22.8 Å². The number of rotatable bonds is 4. The molecule has 1 aliphatic rings. The van der Waals surface area contributed by atoms with Crippen molar-refractivity contribution in [2.24, 2.45) is 0 Å². The van der Waals surface area contributed by atoms with Crippen molar-refractivity contribution in [3.8, 4) is 0 Å². The summed E-state index contributed by atoms with van der Waals surface area (Å²) in [6, 6.07) is 2.97. The maximum atomic E-state index is 12.8. The first-order valence-corrected chi connectivity index (χ1v) is 7.34. The Bertz CT molecular complexity index is 581. The molecular formula is C15H15ClF3NO2. The van der Waals surface area contributed by atoms with Crippen LogP contribution in [-0.4, -0.2) is 17.7 Å². The molecule has 0 spiro atoms. The van der Waals surface area contributed by atoms with Gasteiger partial charge in [-0.3, -0.25) is 9.59 Å². The van der Waals surface area contributed by atoms with Crippen molar-refractivity contribution < 1.29 is 22.8 Å². The predicted molar refractivity (Wildman–Crippen MR) is 75.8 cm³/mol. The van der Waals surface area contributed by atoms with Crippen molar-refractivity contribution >= 4 is 23.3 Å². The van der Waals surface area contributed by atoms with Crippen molar-refractivity contribution in [3.63, 3.8) is 0 Å². The van der Waals surface area contributed by atoms with Crippen molar-refractivity contribution in [1.82, 2.24) is 5.32 Å². The van der Waals surface area contributed by atoms with Gasteiger partial charge in [0.15, 0.2) is 5.78 Å². The van der Waals surface area contributed by atoms with Crippen LogP contribution in [0.1, 0.15) is 48.0 Å². The second-order valence-corrected chi connectivity index (χ2v) is 5.75. The van der Waals surface area contributed by atoms with E-state index in [0.29, 0.717) is 6.07 Å². The molecule has 1 aliphatic carbocycles. The second-order valence-electron chi connectivity index (χ2n) is 5.34. The van der Waals surface area contributed by atoms with E-state index in [-0.39, 0.29) is 11.6 Å². The number of benzene rings is 1. The SMILES string of the molecule is O=C(CC(=O)c1ccc(Cl)c(C(F)(F)F)c1)NC1CCCC1. The molecule has 0 heterocycles. The standard InChI is InChI=1S/C15H15ClF3NO2/c16-12-6-5-9(7-11(12)15(17,18)19)13(21)8-14(22)20-10-3-1-2-4-10/h5-7,10H,1-4,8H2,(H,20,22). The molecule has 0 bridgehead atoms. The Hall–Kier alpha value is -1.56. The van der Waals surface area contributed by atoms with Gasteiger partial charge in [0.25, 0.3) is 0 Å². The lowest BCUT2D eigenvalue weighted by Crippen LogP contribution is -2.33. The van der Waals surface area contributed by atoms with E-state index in [2.05, 4.69) is 5.32 Å². The van der Waals surface area contributed by atoms with E-state index in [4.69, 9.17) is 11.6 Å². The first kappa shape index (κ1) is 16.8. The van der Waals surface area contributed by atoms with Crippen molar-refractivity contribution in [3.05, 3.63) is 34.3 Å². The first-order chi connectivity index (χ1) is 10.3. The van der Waals surface area contributed by atoms with Crippen molar-refractivity contribution in [1.29, 1.82) is 0 Å². The molecule has 1 aromatic rings.